The van der Waals surface area contributed by atoms with Crippen molar-refractivity contribution in [2.45, 2.75) is 12.8 Å². The van der Waals surface area contributed by atoms with Gasteiger partial charge in [0.15, 0.2) is 5.78 Å². The Kier molecular flexibility index (Phi) is 5.31. The van der Waals surface area contributed by atoms with Gasteiger partial charge in [-0.05, 0) is 36.6 Å². The number of aromatic amines is 1. The van der Waals surface area contributed by atoms with Crippen molar-refractivity contribution in [2.75, 3.05) is 23.9 Å². The summed E-state index contributed by atoms with van der Waals surface area (Å²) in [5.41, 5.74) is 10.2. The van der Waals surface area contributed by atoms with Crippen LogP contribution in [0.5, 0.6) is 0 Å². The Labute approximate surface area is 174 Å². The van der Waals surface area contributed by atoms with Gasteiger partial charge in [-0.25, -0.2) is 4.98 Å². The van der Waals surface area contributed by atoms with Crippen molar-refractivity contribution in [2.24, 2.45) is 5.92 Å². The fourth-order valence-corrected chi connectivity index (χ4v) is 4.13. The van der Waals surface area contributed by atoms with Crippen LogP contribution in [0.2, 0.25) is 0 Å². The molecule has 1 aliphatic carbocycles. The van der Waals surface area contributed by atoms with E-state index in [2.05, 4.69) is 15.3 Å². The van der Waals surface area contributed by atoms with Crippen LogP contribution in [-0.4, -0.2) is 37.0 Å². The first kappa shape index (κ1) is 20.1. The Bertz CT molecular complexity index is 1190. The summed E-state index contributed by atoms with van der Waals surface area (Å²) < 4.78 is 27.6. The number of nitrogens with two attached hydrogens (primary N) is 1. The van der Waals surface area contributed by atoms with Crippen LogP contribution in [0.3, 0.4) is 0 Å². The number of para-hydroxylation sites is 1. The SMILES string of the molecule is CS(=O)(=O)OCC1CC(=O)c2c([nH]c(-c3ccnc(N)c3)c2Nc2ccccc2)C1. The van der Waals surface area contributed by atoms with Gasteiger partial charge in [0, 0.05) is 29.6 Å². The third kappa shape index (κ3) is 4.37. The van der Waals surface area contributed by atoms with Gasteiger partial charge in [-0.1, -0.05) is 18.2 Å². The van der Waals surface area contributed by atoms with Crippen molar-refractivity contribution in [1.82, 2.24) is 9.97 Å². The number of nitrogen functional groups attached to an aromatic ring is 1. The molecule has 3 aromatic rings. The van der Waals surface area contributed by atoms with Crippen LogP contribution in [0.25, 0.3) is 11.3 Å². The summed E-state index contributed by atoms with van der Waals surface area (Å²) >= 11 is 0. The Morgan fingerprint density at radius 3 is 2.70 bits per heavy atom. The maximum atomic E-state index is 13.0. The minimum Gasteiger partial charge on any atom is -0.384 e. The second-order valence-electron chi connectivity index (χ2n) is 7.38. The smallest absolute Gasteiger partial charge is 0.264 e. The van der Waals surface area contributed by atoms with Crippen LogP contribution >= 0.6 is 0 Å². The van der Waals surface area contributed by atoms with Crippen LogP contribution in [-0.2, 0) is 20.7 Å². The molecule has 0 saturated heterocycles. The van der Waals surface area contributed by atoms with E-state index in [4.69, 9.17) is 9.92 Å². The number of hydrogen-bond acceptors (Lipinski definition) is 7. The molecule has 1 atom stereocenters. The number of nitrogens with one attached hydrogen (secondary N) is 2. The van der Waals surface area contributed by atoms with Gasteiger partial charge in [-0.2, -0.15) is 8.42 Å². The summed E-state index contributed by atoms with van der Waals surface area (Å²) in [6.07, 6.45) is 3.33. The number of ketones is 1. The monoisotopic (exact) mass is 426 g/mol. The number of carbonyl (C=O) groups excluding carboxylic acids is 1. The number of pyridine rings is 1. The molecule has 0 spiro atoms. The molecule has 0 amide bonds. The third-order valence-electron chi connectivity index (χ3n) is 4.95. The molecule has 4 N–H and O–H groups in total. The number of benzene rings is 1. The van der Waals surface area contributed by atoms with E-state index < -0.39 is 10.1 Å². The lowest BCUT2D eigenvalue weighted by Gasteiger charge is -2.21. The zero-order valence-corrected chi connectivity index (χ0v) is 17.2. The molecule has 9 heteroatoms. The highest BCUT2D eigenvalue weighted by atomic mass is 32.2. The van der Waals surface area contributed by atoms with E-state index in [-0.39, 0.29) is 24.7 Å². The summed E-state index contributed by atoms with van der Waals surface area (Å²) in [6.45, 7) is -0.0258. The lowest BCUT2D eigenvalue weighted by molar-refractivity contribution is 0.0928. The minimum absolute atomic E-state index is 0.0258. The zero-order chi connectivity index (χ0) is 21.3. The van der Waals surface area contributed by atoms with Gasteiger partial charge in [0.2, 0.25) is 0 Å². The molecule has 4 rings (SSSR count). The maximum absolute atomic E-state index is 13.0. The topological polar surface area (TPSA) is 127 Å². The first-order valence-electron chi connectivity index (χ1n) is 9.46. The van der Waals surface area contributed by atoms with Crippen molar-refractivity contribution in [1.29, 1.82) is 0 Å². The number of rotatable bonds is 6. The second-order valence-corrected chi connectivity index (χ2v) is 9.02. The lowest BCUT2D eigenvalue weighted by Crippen LogP contribution is -2.25. The first-order chi connectivity index (χ1) is 14.3. The zero-order valence-electron chi connectivity index (χ0n) is 16.4. The van der Waals surface area contributed by atoms with E-state index in [1.807, 2.05) is 36.4 Å². The number of H-pyrrole nitrogens is 1. The van der Waals surface area contributed by atoms with E-state index >= 15 is 0 Å². The van der Waals surface area contributed by atoms with E-state index in [0.717, 1.165) is 28.9 Å². The number of anilines is 3. The van der Waals surface area contributed by atoms with Gasteiger partial charge >= 0.3 is 0 Å². The van der Waals surface area contributed by atoms with Crippen LogP contribution in [0.4, 0.5) is 17.2 Å². The van der Waals surface area contributed by atoms with E-state index in [0.29, 0.717) is 23.5 Å². The van der Waals surface area contributed by atoms with Gasteiger partial charge in [0.25, 0.3) is 10.1 Å². The second kappa shape index (κ2) is 7.92. The predicted molar refractivity (Wildman–Crippen MR) is 115 cm³/mol. The van der Waals surface area contributed by atoms with Gasteiger partial charge < -0.3 is 16.0 Å². The normalized spacial score (nSPS) is 16.3. The molecule has 30 heavy (non-hydrogen) atoms. The number of aromatic nitrogens is 2. The fraction of sp³-hybridized carbons (Fsp3) is 0.238. The Morgan fingerprint density at radius 1 is 1.23 bits per heavy atom. The van der Waals surface area contributed by atoms with E-state index in [1.165, 1.54) is 0 Å². The Balaban J connectivity index is 1.75. The van der Waals surface area contributed by atoms with Gasteiger partial charge in [0.05, 0.1) is 29.8 Å². The van der Waals surface area contributed by atoms with Crippen LogP contribution < -0.4 is 11.1 Å². The lowest BCUT2D eigenvalue weighted by atomic mass is 9.86. The first-order valence-corrected chi connectivity index (χ1v) is 11.3. The number of fused-ring (bicyclic) bond motifs is 1. The standard InChI is InChI=1S/C21H22N4O4S/c1-30(27,28)29-12-13-9-16-19(17(26)10-13)21(24-15-5-3-2-4-6-15)20(25-16)14-7-8-23-18(22)11-14/h2-8,11,13,24-25H,9-10,12H2,1H3,(H2,22,23). The summed E-state index contributed by atoms with van der Waals surface area (Å²) in [6, 6.07) is 13.1. The van der Waals surface area contributed by atoms with Crippen molar-refractivity contribution in [3.8, 4) is 11.3 Å². The molecule has 0 aliphatic heterocycles. The van der Waals surface area contributed by atoms with Crippen LogP contribution in [0, 0.1) is 5.92 Å². The maximum Gasteiger partial charge on any atom is 0.264 e. The Hall–Kier alpha value is -3.17. The molecule has 156 valence electrons. The van der Waals surface area contributed by atoms with Crippen molar-refractivity contribution < 1.29 is 17.4 Å². The van der Waals surface area contributed by atoms with Crippen molar-refractivity contribution in [3.63, 3.8) is 0 Å². The molecule has 0 saturated carbocycles. The molecular weight excluding hydrogens is 404 g/mol. The Morgan fingerprint density at radius 2 is 2.00 bits per heavy atom. The van der Waals surface area contributed by atoms with Gasteiger partial charge in [-0.3, -0.25) is 8.98 Å². The van der Waals surface area contributed by atoms with Gasteiger partial charge in [0.1, 0.15) is 5.82 Å². The summed E-state index contributed by atoms with van der Waals surface area (Å²) in [5.74, 6) is 0.0797. The summed E-state index contributed by atoms with van der Waals surface area (Å²) in [4.78, 5) is 20.4. The van der Waals surface area contributed by atoms with Crippen molar-refractivity contribution >= 4 is 33.1 Å². The highest BCUT2D eigenvalue weighted by Crippen LogP contribution is 2.40. The highest BCUT2D eigenvalue weighted by molar-refractivity contribution is 7.85. The summed E-state index contributed by atoms with van der Waals surface area (Å²) in [5, 5.41) is 3.36. The van der Waals surface area contributed by atoms with E-state index in [1.54, 1.807) is 12.3 Å². The van der Waals surface area contributed by atoms with E-state index in [9.17, 15) is 13.2 Å². The average Bonchev–Trinajstić information content (AvgIpc) is 3.05. The fourth-order valence-electron chi connectivity index (χ4n) is 3.69. The third-order valence-corrected chi connectivity index (χ3v) is 5.52. The van der Waals surface area contributed by atoms with Crippen LogP contribution in [0.15, 0.2) is 48.7 Å². The quantitative estimate of drug-likeness (QED) is 0.517. The van der Waals surface area contributed by atoms with Crippen LogP contribution in [0.1, 0.15) is 22.5 Å². The molecule has 0 fully saturated rings. The number of carbonyl (C=O) groups is 1. The molecular formula is C21H22N4O4S. The molecule has 2 heterocycles. The molecule has 2 aromatic heterocycles. The van der Waals surface area contributed by atoms with Gasteiger partial charge in [-0.15, -0.1) is 0 Å². The molecule has 8 nitrogen and oxygen atoms in total. The van der Waals surface area contributed by atoms with Crippen molar-refractivity contribution in [3.05, 3.63) is 59.9 Å². The molecule has 0 radical (unpaired) electrons. The number of nitrogens with zero attached hydrogens (tertiary/aromatic N) is 1. The molecule has 0 bridgehead atoms. The molecule has 1 aromatic carbocycles. The number of hydrogen-bond donors (Lipinski definition) is 3. The largest absolute Gasteiger partial charge is 0.384 e. The average molecular weight is 426 g/mol. The number of Topliss-reactive ketones (excluding diaryl/α,β-unsaturated/α-hetero) is 1. The predicted octanol–water partition coefficient (Wildman–Crippen LogP) is 3.12. The molecule has 1 aliphatic rings. The summed E-state index contributed by atoms with van der Waals surface area (Å²) in [7, 11) is -3.56. The molecule has 1 unspecified atom stereocenters. The highest BCUT2D eigenvalue weighted by Gasteiger charge is 2.32. The minimum atomic E-state index is -3.56.